The zero-order valence-electron chi connectivity index (χ0n) is 20.0. The normalized spacial score (nSPS) is 10.4. The van der Waals surface area contributed by atoms with Crippen LogP contribution < -0.4 is 33.3 Å². The first kappa shape index (κ1) is 25.5. The molecule has 182 valence electrons. The summed E-state index contributed by atoms with van der Waals surface area (Å²) in [6.07, 6.45) is 0. The number of anilines is 1. The van der Waals surface area contributed by atoms with E-state index in [1.165, 1.54) is 0 Å². The minimum Gasteiger partial charge on any atom is -0.497 e. The van der Waals surface area contributed by atoms with Crippen LogP contribution in [0.25, 0.3) is 0 Å². The fourth-order valence-corrected chi connectivity index (χ4v) is 4.06. The van der Waals surface area contributed by atoms with E-state index in [1.807, 2.05) is 41.3 Å². The van der Waals surface area contributed by atoms with Gasteiger partial charge in [0.15, 0.2) is 0 Å². The molecule has 0 radical (unpaired) electrons. The second-order valence-electron chi connectivity index (χ2n) is 7.07. The van der Waals surface area contributed by atoms with E-state index in [9.17, 15) is 0 Å². The molecule has 0 aliphatic heterocycles. The summed E-state index contributed by atoms with van der Waals surface area (Å²) in [5.41, 5.74) is 1.85. The smallest absolute Gasteiger partial charge is 0.235 e. The van der Waals surface area contributed by atoms with Crippen molar-refractivity contribution in [3.63, 3.8) is 0 Å². The van der Waals surface area contributed by atoms with Crippen LogP contribution >= 0.6 is 22.6 Å². The Labute approximate surface area is 213 Å². The lowest BCUT2D eigenvalue weighted by Gasteiger charge is -2.26. The molecule has 0 spiro atoms. The molecule has 0 N–H and O–H groups in total. The zero-order valence-corrected chi connectivity index (χ0v) is 22.2. The van der Waals surface area contributed by atoms with Crippen molar-refractivity contribution in [1.29, 1.82) is 0 Å². The summed E-state index contributed by atoms with van der Waals surface area (Å²) in [5.74, 6) is 4.08. The van der Waals surface area contributed by atoms with Crippen LogP contribution in [0.3, 0.4) is 0 Å². The Kier molecular flexibility index (Phi) is 8.85. The van der Waals surface area contributed by atoms with Gasteiger partial charge in [-0.15, -0.1) is 0 Å². The molecule has 0 unspecified atom stereocenters. The van der Waals surface area contributed by atoms with E-state index < -0.39 is 0 Å². The van der Waals surface area contributed by atoms with Gasteiger partial charge < -0.3 is 33.3 Å². The fraction of sp³-hybridized carbons (Fsp3) is 0.333. The van der Waals surface area contributed by atoms with Gasteiger partial charge in [-0.25, -0.2) is 0 Å². The van der Waals surface area contributed by atoms with Gasteiger partial charge in [-0.3, -0.25) is 0 Å². The topological polar surface area (TPSA) is 84.4 Å². The van der Waals surface area contributed by atoms with Gasteiger partial charge in [0, 0.05) is 36.3 Å². The van der Waals surface area contributed by atoms with Gasteiger partial charge in [-0.05, 0) is 46.9 Å². The van der Waals surface area contributed by atoms with E-state index in [2.05, 4.69) is 32.6 Å². The molecule has 3 rings (SSSR count). The van der Waals surface area contributed by atoms with Crippen molar-refractivity contribution in [2.45, 2.75) is 13.1 Å². The average Bonchev–Trinajstić information content (AvgIpc) is 2.88. The molecule has 3 aromatic rings. The summed E-state index contributed by atoms with van der Waals surface area (Å²) in [7, 11) is 9.63. The van der Waals surface area contributed by atoms with Gasteiger partial charge in [0.25, 0.3) is 0 Å². The van der Waals surface area contributed by atoms with Crippen molar-refractivity contribution in [2.24, 2.45) is 0 Å². The molecule has 0 saturated carbocycles. The molecule has 1 heterocycles. The molecular formula is C24H28IN3O6. The lowest BCUT2D eigenvalue weighted by Crippen LogP contribution is -2.25. The van der Waals surface area contributed by atoms with Gasteiger partial charge in [-0.1, -0.05) is 0 Å². The second-order valence-corrected chi connectivity index (χ2v) is 8.15. The number of aromatic nitrogens is 2. The molecule has 0 aliphatic carbocycles. The number of ether oxygens (including phenoxy) is 6. The van der Waals surface area contributed by atoms with Crippen LogP contribution in [0.1, 0.15) is 11.1 Å². The molecule has 0 bridgehead atoms. The van der Waals surface area contributed by atoms with Crippen LogP contribution in [0.2, 0.25) is 0 Å². The SMILES string of the molecule is COc1ccc(CN(Cc2ccc(OC)cc2OC)c2nc(OC)c(I)c(OC)n2)c(OC)c1. The highest BCUT2D eigenvalue weighted by molar-refractivity contribution is 14.1. The molecule has 34 heavy (non-hydrogen) atoms. The molecular weight excluding hydrogens is 553 g/mol. The van der Waals surface area contributed by atoms with E-state index in [1.54, 1.807) is 42.7 Å². The minimum atomic E-state index is 0.427. The van der Waals surface area contributed by atoms with Crippen molar-refractivity contribution in [2.75, 3.05) is 47.6 Å². The quantitative estimate of drug-likeness (QED) is 0.307. The van der Waals surface area contributed by atoms with Crippen LogP contribution in [0.5, 0.6) is 34.8 Å². The van der Waals surface area contributed by atoms with E-state index in [4.69, 9.17) is 28.4 Å². The van der Waals surface area contributed by atoms with Crippen LogP contribution in [0.4, 0.5) is 5.95 Å². The highest BCUT2D eigenvalue weighted by Crippen LogP contribution is 2.33. The Hall–Kier alpha value is -3.15. The monoisotopic (exact) mass is 581 g/mol. The summed E-state index contributed by atoms with van der Waals surface area (Å²) < 4.78 is 33.6. The van der Waals surface area contributed by atoms with Crippen molar-refractivity contribution in [3.05, 3.63) is 51.1 Å². The first-order valence-corrected chi connectivity index (χ1v) is 11.4. The Morgan fingerprint density at radius 2 is 1.09 bits per heavy atom. The number of hydrogen-bond acceptors (Lipinski definition) is 9. The van der Waals surface area contributed by atoms with Crippen LogP contribution in [-0.4, -0.2) is 52.6 Å². The minimum absolute atomic E-state index is 0.427. The summed E-state index contributed by atoms with van der Waals surface area (Å²) in [6, 6.07) is 11.4. The van der Waals surface area contributed by atoms with Gasteiger partial charge in [0.2, 0.25) is 17.7 Å². The molecule has 0 fully saturated rings. The van der Waals surface area contributed by atoms with Crippen molar-refractivity contribution in [3.8, 4) is 34.8 Å². The summed E-state index contributed by atoms with van der Waals surface area (Å²) in [5, 5.41) is 0. The van der Waals surface area contributed by atoms with E-state index in [0.29, 0.717) is 57.4 Å². The first-order chi connectivity index (χ1) is 16.5. The molecule has 0 amide bonds. The largest absolute Gasteiger partial charge is 0.497 e. The number of rotatable bonds is 11. The molecule has 9 nitrogen and oxygen atoms in total. The maximum Gasteiger partial charge on any atom is 0.235 e. The van der Waals surface area contributed by atoms with Crippen LogP contribution in [0.15, 0.2) is 36.4 Å². The highest BCUT2D eigenvalue weighted by Gasteiger charge is 2.21. The van der Waals surface area contributed by atoms with Crippen LogP contribution in [0, 0.1) is 3.57 Å². The molecule has 2 aromatic carbocycles. The lowest BCUT2D eigenvalue weighted by atomic mass is 10.1. The summed E-state index contributed by atoms with van der Waals surface area (Å²) in [4.78, 5) is 11.3. The third kappa shape index (κ3) is 5.66. The Balaban J connectivity index is 2.09. The van der Waals surface area contributed by atoms with Crippen LogP contribution in [-0.2, 0) is 13.1 Å². The average molecular weight is 581 g/mol. The number of methoxy groups -OCH3 is 6. The molecule has 0 aliphatic rings. The predicted octanol–water partition coefficient (Wildman–Crippen LogP) is 4.34. The Morgan fingerprint density at radius 3 is 1.44 bits per heavy atom. The number of nitrogens with zero attached hydrogens (tertiary/aromatic N) is 3. The van der Waals surface area contributed by atoms with Crippen molar-refractivity contribution in [1.82, 2.24) is 9.97 Å². The van der Waals surface area contributed by atoms with Gasteiger partial charge >= 0.3 is 0 Å². The van der Waals surface area contributed by atoms with E-state index in [-0.39, 0.29) is 0 Å². The summed E-state index contributed by atoms with van der Waals surface area (Å²) >= 11 is 2.11. The predicted molar refractivity (Wildman–Crippen MR) is 137 cm³/mol. The van der Waals surface area contributed by atoms with E-state index in [0.717, 1.165) is 11.1 Å². The van der Waals surface area contributed by atoms with Crippen molar-refractivity contribution < 1.29 is 28.4 Å². The fourth-order valence-electron chi connectivity index (χ4n) is 3.38. The summed E-state index contributed by atoms with van der Waals surface area (Å²) in [6.45, 7) is 0.879. The van der Waals surface area contributed by atoms with Gasteiger partial charge in [0.05, 0.1) is 42.7 Å². The molecule has 0 saturated heterocycles. The molecule has 0 atom stereocenters. The standard InChI is InChI=1S/C24H28IN3O6/c1-29-17-9-7-15(19(11-17)31-3)13-28(14-16-8-10-18(30-2)12-20(16)32-4)24-26-22(33-5)21(25)23(27-24)34-6/h7-12H,13-14H2,1-6H3. The zero-order chi connectivity index (χ0) is 24.7. The third-order valence-corrected chi connectivity index (χ3v) is 6.08. The maximum absolute atomic E-state index is 5.62. The molecule has 10 heteroatoms. The maximum atomic E-state index is 5.62. The number of benzene rings is 2. The molecule has 1 aromatic heterocycles. The lowest BCUT2D eigenvalue weighted by molar-refractivity contribution is 0.365. The Morgan fingerprint density at radius 1 is 0.647 bits per heavy atom. The Bertz CT molecular complexity index is 1050. The number of hydrogen-bond donors (Lipinski definition) is 0. The van der Waals surface area contributed by atoms with E-state index >= 15 is 0 Å². The highest BCUT2D eigenvalue weighted by atomic mass is 127. The number of halogens is 1. The van der Waals surface area contributed by atoms with Gasteiger partial charge in [-0.2, -0.15) is 9.97 Å². The first-order valence-electron chi connectivity index (χ1n) is 10.3. The van der Waals surface area contributed by atoms with Crippen molar-refractivity contribution >= 4 is 28.5 Å². The van der Waals surface area contributed by atoms with Gasteiger partial charge in [0.1, 0.15) is 26.6 Å². The third-order valence-electron chi connectivity index (χ3n) is 5.16. The second kappa shape index (κ2) is 11.8.